The highest BCUT2D eigenvalue weighted by atomic mass is 35.5. The number of benzene rings is 2. The molecule has 27 heavy (non-hydrogen) atoms. The monoisotopic (exact) mass is 384 g/mol. The Hall–Kier alpha value is -3.12. The lowest BCUT2D eigenvalue weighted by atomic mass is 10.1. The average molecular weight is 385 g/mol. The van der Waals surface area contributed by atoms with Gasteiger partial charge in [-0.05, 0) is 56.3 Å². The minimum Gasteiger partial charge on any atom is -0.489 e. The van der Waals surface area contributed by atoms with E-state index in [4.69, 9.17) is 20.9 Å². The van der Waals surface area contributed by atoms with E-state index in [1.54, 1.807) is 55.5 Å². The highest BCUT2D eigenvalue weighted by Gasteiger charge is 2.20. The zero-order valence-electron chi connectivity index (χ0n) is 14.8. The lowest BCUT2D eigenvalue weighted by molar-refractivity contribution is 0.101. The quantitative estimate of drug-likeness (QED) is 0.624. The number of carbonyl (C=O) groups is 2. The first kappa shape index (κ1) is 18.7. The van der Waals surface area contributed by atoms with Gasteiger partial charge < -0.3 is 14.6 Å². The number of ketones is 1. The molecule has 0 aliphatic rings. The second-order valence-electron chi connectivity index (χ2n) is 5.90. The number of anilines is 1. The third-order valence-electron chi connectivity index (χ3n) is 3.93. The predicted octanol–water partition coefficient (Wildman–Crippen LogP) is 4.67. The lowest BCUT2D eigenvalue weighted by Crippen LogP contribution is -2.15. The first-order valence-corrected chi connectivity index (χ1v) is 8.57. The van der Waals surface area contributed by atoms with Crippen molar-refractivity contribution in [2.45, 2.75) is 20.5 Å². The third kappa shape index (κ3) is 4.54. The summed E-state index contributed by atoms with van der Waals surface area (Å²) in [6, 6.07) is 13.6. The van der Waals surface area contributed by atoms with Crippen LogP contribution in [0.2, 0.25) is 5.02 Å². The third-order valence-corrected chi connectivity index (χ3v) is 4.16. The number of halogens is 1. The van der Waals surface area contributed by atoms with Crippen LogP contribution in [0.15, 0.2) is 53.1 Å². The molecule has 0 radical (unpaired) electrons. The van der Waals surface area contributed by atoms with E-state index < -0.39 is 5.91 Å². The van der Waals surface area contributed by atoms with Crippen LogP contribution in [0.5, 0.6) is 5.75 Å². The Morgan fingerprint density at radius 3 is 2.59 bits per heavy atom. The Balaban J connectivity index is 1.72. The molecule has 1 aromatic heterocycles. The largest absolute Gasteiger partial charge is 0.489 e. The van der Waals surface area contributed by atoms with Gasteiger partial charge in [0.25, 0.3) is 5.91 Å². The normalized spacial score (nSPS) is 10.5. The number of amides is 1. The Morgan fingerprint density at radius 1 is 1.19 bits per heavy atom. The molecular weight excluding hydrogens is 368 g/mol. The Kier molecular flexibility index (Phi) is 5.57. The maximum atomic E-state index is 12.6. The molecule has 0 unspecified atom stereocenters. The van der Waals surface area contributed by atoms with Gasteiger partial charge in [-0.2, -0.15) is 0 Å². The maximum Gasteiger partial charge on any atom is 0.278 e. The molecule has 1 amide bonds. The molecule has 0 saturated carbocycles. The van der Waals surface area contributed by atoms with E-state index in [0.29, 0.717) is 33.3 Å². The maximum absolute atomic E-state index is 12.6. The first-order chi connectivity index (χ1) is 12.9. The zero-order chi connectivity index (χ0) is 19.4. The number of carbonyl (C=O) groups excluding carboxylic acids is 2. The molecule has 1 heterocycles. The number of Topliss-reactive ketones (excluding diaryl/α,β-unsaturated/α-hetero) is 1. The number of aryl methyl sites for hydroxylation is 1. The van der Waals surface area contributed by atoms with Gasteiger partial charge in [0.05, 0.1) is 5.56 Å². The molecule has 0 fully saturated rings. The minimum absolute atomic E-state index is 0.0412. The summed E-state index contributed by atoms with van der Waals surface area (Å²) in [6.07, 6.45) is 0. The van der Waals surface area contributed by atoms with Crippen LogP contribution in [0.3, 0.4) is 0 Å². The van der Waals surface area contributed by atoms with Crippen molar-refractivity contribution in [2.75, 3.05) is 5.32 Å². The summed E-state index contributed by atoms with van der Waals surface area (Å²) in [7, 11) is 0. The number of aromatic nitrogens is 1. The van der Waals surface area contributed by atoms with Crippen LogP contribution in [0.4, 0.5) is 5.69 Å². The highest BCUT2D eigenvalue weighted by Crippen LogP contribution is 2.21. The fourth-order valence-electron chi connectivity index (χ4n) is 2.43. The van der Waals surface area contributed by atoms with E-state index in [2.05, 4.69) is 10.5 Å². The van der Waals surface area contributed by atoms with Gasteiger partial charge in [-0.25, -0.2) is 0 Å². The van der Waals surface area contributed by atoms with Crippen molar-refractivity contribution in [1.29, 1.82) is 0 Å². The number of hydrogen-bond acceptors (Lipinski definition) is 5. The zero-order valence-corrected chi connectivity index (χ0v) is 15.5. The number of nitrogens with one attached hydrogen (secondary N) is 1. The number of hydrogen-bond donors (Lipinski definition) is 1. The van der Waals surface area contributed by atoms with E-state index in [1.165, 1.54) is 6.92 Å². The van der Waals surface area contributed by atoms with E-state index in [-0.39, 0.29) is 18.1 Å². The second-order valence-corrected chi connectivity index (χ2v) is 6.34. The van der Waals surface area contributed by atoms with Gasteiger partial charge in [-0.15, -0.1) is 0 Å². The van der Waals surface area contributed by atoms with E-state index in [9.17, 15) is 9.59 Å². The van der Waals surface area contributed by atoms with Gasteiger partial charge in [0.2, 0.25) is 0 Å². The molecule has 1 N–H and O–H groups in total. The smallest absolute Gasteiger partial charge is 0.278 e. The summed E-state index contributed by atoms with van der Waals surface area (Å²) in [5.74, 6) is 0.607. The molecule has 0 aliphatic heterocycles. The van der Waals surface area contributed by atoms with Crippen molar-refractivity contribution >= 4 is 29.0 Å². The summed E-state index contributed by atoms with van der Waals surface area (Å²) >= 11 is 5.94. The summed E-state index contributed by atoms with van der Waals surface area (Å²) in [5, 5.41) is 7.13. The standard InChI is InChI=1S/C20H17ClN2O4/c1-12(24)14-6-8-16(9-7-14)22-20(25)19-18(13(2)27-23-19)11-26-17-5-3-4-15(21)10-17/h3-10H,11H2,1-2H3,(H,22,25). The molecule has 0 aliphatic carbocycles. The van der Waals surface area contributed by atoms with E-state index >= 15 is 0 Å². The van der Waals surface area contributed by atoms with Crippen LogP contribution in [-0.2, 0) is 6.61 Å². The Bertz CT molecular complexity index is 980. The fraction of sp³-hybridized carbons (Fsp3) is 0.150. The summed E-state index contributed by atoms with van der Waals surface area (Å²) in [5.41, 5.74) is 1.81. The van der Waals surface area contributed by atoms with Crippen molar-refractivity contribution in [3.05, 3.63) is 76.1 Å². The molecule has 0 bridgehead atoms. The van der Waals surface area contributed by atoms with Crippen LogP contribution in [0.1, 0.15) is 39.1 Å². The van der Waals surface area contributed by atoms with Crippen molar-refractivity contribution < 1.29 is 18.8 Å². The Morgan fingerprint density at radius 2 is 1.93 bits per heavy atom. The van der Waals surface area contributed by atoms with Gasteiger partial charge in [-0.1, -0.05) is 22.8 Å². The molecule has 138 valence electrons. The lowest BCUT2D eigenvalue weighted by Gasteiger charge is -2.08. The number of ether oxygens (including phenoxy) is 1. The number of rotatable bonds is 6. The van der Waals surface area contributed by atoms with Crippen LogP contribution in [0, 0.1) is 6.92 Å². The predicted molar refractivity (Wildman–Crippen MR) is 101 cm³/mol. The molecule has 0 spiro atoms. The second kappa shape index (κ2) is 8.05. The van der Waals surface area contributed by atoms with E-state index in [0.717, 1.165) is 0 Å². The topological polar surface area (TPSA) is 81.4 Å². The molecule has 2 aromatic carbocycles. The highest BCUT2D eigenvalue weighted by molar-refractivity contribution is 6.30. The van der Waals surface area contributed by atoms with Crippen molar-refractivity contribution in [2.24, 2.45) is 0 Å². The minimum atomic E-state index is -0.424. The summed E-state index contributed by atoms with van der Waals surface area (Å²) in [4.78, 5) is 23.9. The first-order valence-electron chi connectivity index (χ1n) is 8.20. The molecule has 7 heteroatoms. The molecule has 0 atom stereocenters. The molecular formula is C20H17ClN2O4. The van der Waals surface area contributed by atoms with Gasteiger partial charge in [0, 0.05) is 16.3 Å². The van der Waals surface area contributed by atoms with Crippen molar-refractivity contribution in [3.63, 3.8) is 0 Å². The average Bonchev–Trinajstić information content (AvgIpc) is 3.01. The molecule has 6 nitrogen and oxygen atoms in total. The van der Waals surface area contributed by atoms with Gasteiger partial charge in [0.15, 0.2) is 11.5 Å². The van der Waals surface area contributed by atoms with Gasteiger partial charge in [-0.3, -0.25) is 9.59 Å². The number of nitrogens with zero attached hydrogens (tertiary/aromatic N) is 1. The van der Waals surface area contributed by atoms with Crippen LogP contribution >= 0.6 is 11.6 Å². The molecule has 3 rings (SSSR count). The Labute approximate surface area is 161 Å². The van der Waals surface area contributed by atoms with Crippen molar-refractivity contribution in [1.82, 2.24) is 5.16 Å². The summed E-state index contributed by atoms with van der Waals surface area (Å²) in [6.45, 7) is 3.31. The summed E-state index contributed by atoms with van der Waals surface area (Å²) < 4.78 is 10.8. The molecule has 0 saturated heterocycles. The van der Waals surface area contributed by atoms with Gasteiger partial charge in [0.1, 0.15) is 18.1 Å². The fourth-order valence-corrected chi connectivity index (χ4v) is 2.61. The van der Waals surface area contributed by atoms with Crippen LogP contribution in [-0.4, -0.2) is 16.8 Å². The van der Waals surface area contributed by atoms with Crippen molar-refractivity contribution in [3.8, 4) is 5.75 Å². The van der Waals surface area contributed by atoms with Gasteiger partial charge >= 0.3 is 0 Å². The van der Waals surface area contributed by atoms with Crippen LogP contribution in [0.25, 0.3) is 0 Å². The SMILES string of the molecule is CC(=O)c1ccc(NC(=O)c2noc(C)c2COc2cccc(Cl)c2)cc1. The van der Waals surface area contributed by atoms with E-state index in [1.807, 2.05) is 0 Å². The van der Waals surface area contributed by atoms with Crippen LogP contribution < -0.4 is 10.1 Å². The molecule has 3 aromatic rings.